The Morgan fingerprint density at radius 1 is 0.362 bits per heavy atom. The Morgan fingerprint density at radius 2 is 0.600 bits per heavy atom. The van der Waals surface area contributed by atoms with Crippen LogP contribution in [-0.2, 0) is 68.4 Å². The predicted molar refractivity (Wildman–Crippen MR) is 309 cm³/mol. The van der Waals surface area contributed by atoms with Gasteiger partial charge in [0.25, 0.3) is 0 Å². The molecule has 6 saturated heterocycles. The number of carbonyl (C=O) groups is 2. The van der Waals surface area contributed by atoms with Crippen LogP contribution < -0.4 is 36.3 Å². The maximum Gasteiger partial charge on any atom is 0.515 e. The minimum Gasteiger partial charge on any atom is -0.455 e. The van der Waals surface area contributed by atoms with Crippen LogP contribution in [0.1, 0.15) is 25.7 Å². The zero-order chi connectivity index (χ0) is 54.5. The summed E-state index contributed by atoms with van der Waals surface area (Å²) < 4.78 is 110. The molecule has 16 nitrogen and oxygen atoms in total. The van der Waals surface area contributed by atoms with Gasteiger partial charge in [-0.25, -0.2) is 9.59 Å². The molecular weight excluding hydrogens is 1150 g/mol. The molecule has 0 spiro atoms. The van der Waals surface area contributed by atoms with Crippen LogP contribution in [0.25, 0.3) is 0 Å². The molecule has 3 unspecified atom stereocenters. The first kappa shape index (κ1) is 53.5. The van der Waals surface area contributed by atoms with Crippen molar-refractivity contribution in [1.29, 1.82) is 0 Å². The van der Waals surface area contributed by atoms with Crippen LogP contribution in [0.2, 0.25) is 6.04 Å². The standard InChI is InChI=1S/C56H54O16Si8/c1-3-55(57)59-53-41-40-45(44-54(53)60-56(58)4-2)42-43-73-61-74(46-26-12-5-13-27-46)64-77(49-32-18-8-19-33-49)66-75(62-73,47-28-14-6-15-29-47)68-79(51-36-22-10-23-37-51)69-76(63-73,48-30-16-7-17-31-48)67-78(65-74,50-34-20-9-21-35-50)71-80(70-77,72-79)52-38-24-11-25-39-52/h3-39,45,53-54H,1-2,40-44H2. The molecule has 6 heterocycles. The van der Waals surface area contributed by atoms with E-state index in [1.54, 1.807) is 0 Å². The third-order valence-electron chi connectivity index (χ3n) is 14.7. The number of carbonyl (C=O) groups excluding carboxylic acids is 2. The van der Waals surface area contributed by atoms with Crippen LogP contribution in [0.15, 0.2) is 238 Å². The molecule has 0 aromatic heterocycles. The van der Waals surface area contributed by atoms with Crippen LogP contribution in [-0.4, -0.2) is 94.6 Å². The summed E-state index contributed by atoms with van der Waals surface area (Å²) in [5.74, 6) is -1.46. The molecule has 14 rings (SSSR count). The minimum absolute atomic E-state index is 0.0682. The molecule has 406 valence electrons. The summed E-state index contributed by atoms with van der Waals surface area (Å²) in [5.41, 5.74) is 0. The Morgan fingerprint density at radius 3 is 0.850 bits per heavy atom. The fourth-order valence-corrected chi connectivity index (χ4v) is 57.8. The molecule has 7 aromatic rings. The number of ether oxygens (including phenoxy) is 2. The van der Waals surface area contributed by atoms with Gasteiger partial charge >= 0.3 is 82.4 Å². The summed E-state index contributed by atoms with van der Waals surface area (Å²) in [7, 11) is -38.7. The highest BCUT2D eigenvalue weighted by molar-refractivity contribution is 7.13. The molecule has 24 heteroatoms. The molecule has 7 fully saturated rings. The highest BCUT2D eigenvalue weighted by Crippen LogP contribution is 2.50. The second-order valence-corrected chi connectivity index (χ2v) is 43.4. The monoisotopic (exact) mass is 1210 g/mol. The van der Waals surface area contributed by atoms with E-state index in [1.807, 2.05) is 212 Å². The van der Waals surface area contributed by atoms with E-state index in [1.165, 1.54) is 0 Å². The maximum absolute atomic E-state index is 13.0. The summed E-state index contributed by atoms with van der Waals surface area (Å²) >= 11 is 0. The second kappa shape index (κ2) is 21.2. The lowest BCUT2D eigenvalue weighted by Gasteiger charge is -2.63. The van der Waals surface area contributed by atoms with Crippen LogP contribution in [0.5, 0.6) is 0 Å². The SMILES string of the molecule is C=CC(=O)OC1CCC(CC[Si]23O[Si]4(c5ccccc5)O[Si]5(c6ccccc6)O[Si](c6ccccc6)(O2)O[Si]2(c6ccccc6)O[Si](c6ccccc6)(O3)O[Si](c3ccccc3)(O4)O[Si](c3ccccc3)(O5)O2)CC1OC(=O)C=C. The normalized spacial score (nSPS) is 34.1. The summed E-state index contributed by atoms with van der Waals surface area (Å²) in [4.78, 5) is 25.6. The lowest BCUT2D eigenvalue weighted by atomic mass is 9.83. The third-order valence-corrected chi connectivity index (χ3v) is 49.2. The third kappa shape index (κ3) is 9.61. The lowest BCUT2D eigenvalue weighted by molar-refractivity contribution is -0.167. The van der Waals surface area contributed by atoms with E-state index >= 15 is 0 Å². The zero-order valence-electron chi connectivity index (χ0n) is 43.1. The highest BCUT2D eigenvalue weighted by atomic mass is 28.6. The topological polar surface area (TPSA) is 163 Å². The van der Waals surface area contributed by atoms with Crippen molar-refractivity contribution in [2.24, 2.45) is 5.92 Å². The fraction of sp³-hybridized carbons (Fsp3) is 0.143. The van der Waals surface area contributed by atoms with Crippen LogP contribution in [0.4, 0.5) is 0 Å². The molecule has 8 bridgehead atoms. The largest absolute Gasteiger partial charge is 0.515 e. The van der Waals surface area contributed by atoms with Gasteiger partial charge in [0.2, 0.25) is 0 Å². The van der Waals surface area contributed by atoms with Crippen molar-refractivity contribution in [2.75, 3.05) is 0 Å². The first-order chi connectivity index (χ1) is 39.0. The van der Waals surface area contributed by atoms with Crippen molar-refractivity contribution in [1.82, 2.24) is 0 Å². The van der Waals surface area contributed by atoms with Gasteiger partial charge < -0.3 is 58.9 Å². The highest BCUT2D eigenvalue weighted by Gasteiger charge is 2.86. The van der Waals surface area contributed by atoms with E-state index in [0.717, 1.165) is 12.2 Å². The first-order valence-corrected chi connectivity index (χ1v) is 40.4. The van der Waals surface area contributed by atoms with Crippen molar-refractivity contribution >= 4 is 119 Å². The second-order valence-electron chi connectivity index (χ2n) is 19.9. The number of benzene rings is 7. The van der Waals surface area contributed by atoms with Crippen molar-refractivity contribution in [3.8, 4) is 0 Å². The molecule has 0 amide bonds. The van der Waals surface area contributed by atoms with E-state index in [-0.39, 0.29) is 12.0 Å². The summed E-state index contributed by atoms with van der Waals surface area (Å²) in [6.45, 7) is 7.23. The summed E-state index contributed by atoms with van der Waals surface area (Å²) in [6, 6.07) is 66.5. The van der Waals surface area contributed by atoms with Gasteiger partial charge in [-0.3, -0.25) is 0 Å². The lowest BCUT2D eigenvalue weighted by Crippen LogP contribution is -2.95. The number of hydrogen-bond acceptors (Lipinski definition) is 16. The molecule has 6 aliphatic heterocycles. The Bertz CT molecular complexity index is 3100. The molecule has 1 aliphatic carbocycles. The smallest absolute Gasteiger partial charge is 0.455 e. The molecule has 3 atom stereocenters. The minimum atomic E-state index is -4.86. The van der Waals surface area contributed by atoms with E-state index in [9.17, 15) is 9.59 Å². The van der Waals surface area contributed by atoms with Gasteiger partial charge in [-0.1, -0.05) is 225 Å². The molecule has 7 aliphatic rings. The number of rotatable bonds is 14. The van der Waals surface area contributed by atoms with E-state index < -0.39 is 94.6 Å². The molecule has 7 aromatic carbocycles. The molecule has 1 saturated carbocycles. The fourth-order valence-electron chi connectivity index (χ4n) is 11.1. The van der Waals surface area contributed by atoms with E-state index in [4.69, 9.17) is 58.9 Å². The summed E-state index contributed by atoms with van der Waals surface area (Å²) in [5, 5.41) is 3.66. The molecule has 0 radical (unpaired) electrons. The van der Waals surface area contributed by atoms with Gasteiger partial charge in [0.1, 0.15) is 12.2 Å². The molecule has 0 N–H and O–H groups in total. The average molecular weight is 1210 g/mol. The van der Waals surface area contributed by atoms with Crippen molar-refractivity contribution in [3.05, 3.63) is 238 Å². The van der Waals surface area contributed by atoms with Crippen molar-refractivity contribution in [3.63, 3.8) is 0 Å². The van der Waals surface area contributed by atoms with Crippen LogP contribution >= 0.6 is 0 Å². The Kier molecular flexibility index (Phi) is 14.2. The molecular formula is C56H54O16Si8. The van der Waals surface area contributed by atoms with Gasteiger partial charge in [0.05, 0.1) is 0 Å². The Balaban J connectivity index is 1.13. The van der Waals surface area contributed by atoms with Gasteiger partial charge in [-0.05, 0) is 31.6 Å². The van der Waals surface area contributed by atoms with Gasteiger partial charge in [0.15, 0.2) is 0 Å². The van der Waals surface area contributed by atoms with Crippen molar-refractivity contribution in [2.45, 2.75) is 43.9 Å². The van der Waals surface area contributed by atoms with Gasteiger partial charge in [-0.15, -0.1) is 0 Å². The zero-order valence-corrected chi connectivity index (χ0v) is 51.1. The van der Waals surface area contributed by atoms with Crippen LogP contribution in [0.3, 0.4) is 0 Å². The number of hydrogen-bond donors (Lipinski definition) is 0. The van der Waals surface area contributed by atoms with Crippen molar-refractivity contribution < 1.29 is 68.4 Å². The average Bonchev–Trinajstić information content (AvgIpc) is 3.55. The van der Waals surface area contributed by atoms with E-state index in [0.29, 0.717) is 62.0 Å². The van der Waals surface area contributed by atoms with Gasteiger partial charge in [-0.2, -0.15) is 0 Å². The quantitative estimate of drug-likeness (QED) is 0.0850. The van der Waals surface area contributed by atoms with Crippen LogP contribution in [0, 0.1) is 5.92 Å². The first-order valence-electron chi connectivity index (χ1n) is 26.4. The van der Waals surface area contributed by atoms with E-state index in [2.05, 4.69) is 13.2 Å². The maximum atomic E-state index is 13.0. The predicted octanol–water partition coefficient (Wildman–Crippen LogP) is 4.50. The number of esters is 2. The summed E-state index contributed by atoms with van der Waals surface area (Å²) in [6.07, 6.45) is 2.21. The Hall–Kier alpha value is -5.78. The Labute approximate surface area is 471 Å². The molecule has 80 heavy (non-hydrogen) atoms. The van der Waals surface area contributed by atoms with Gasteiger partial charge in [0, 0.05) is 54.5 Å².